The molecule has 9 nitrogen and oxygen atoms in total. The van der Waals surface area contributed by atoms with Crippen LogP contribution in [0.25, 0.3) is 0 Å². The Hall–Kier alpha value is -2.42. The number of esters is 1. The number of rotatable bonds is 7. The van der Waals surface area contributed by atoms with E-state index in [-0.39, 0.29) is 37.0 Å². The van der Waals surface area contributed by atoms with Gasteiger partial charge in [-0.15, -0.1) is 0 Å². The van der Waals surface area contributed by atoms with Crippen LogP contribution in [-0.4, -0.2) is 42.8 Å². The molecule has 1 rings (SSSR count). The third kappa shape index (κ3) is 3.54. The molecule has 0 atom stereocenters. The standard InChI is InChI=1S/C11H15N3O6/c1-3-19-11(15)8-9(12)7(14(16)17)6-13-10(8)20-5-4-18-2/h6H,3-5H2,1-2H3,(H2,12,13). The third-order valence-corrected chi connectivity index (χ3v) is 2.27. The van der Waals surface area contributed by atoms with Crippen LogP contribution in [-0.2, 0) is 9.47 Å². The number of ether oxygens (including phenoxy) is 3. The van der Waals surface area contributed by atoms with Gasteiger partial charge in [0, 0.05) is 7.11 Å². The van der Waals surface area contributed by atoms with Crippen LogP contribution >= 0.6 is 0 Å². The second kappa shape index (κ2) is 7.24. The van der Waals surface area contributed by atoms with Crippen LogP contribution in [0, 0.1) is 10.1 Å². The number of methoxy groups -OCH3 is 1. The number of nitrogen functional groups attached to an aromatic ring is 1. The van der Waals surface area contributed by atoms with Gasteiger partial charge in [0.25, 0.3) is 0 Å². The van der Waals surface area contributed by atoms with Crippen LogP contribution in [0.3, 0.4) is 0 Å². The first-order valence-corrected chi connectivity index (χ1v) is 5.74. The summed E-state index contributed by atoms with van der Waals surface area (Å²) in [4.78, 5) is 25.6. The SMILES string of the molecule is CCOC(=O)c1c(OCCOC)ncc([N+](=O)[O-])c1N. The zero-order valence-electron chi connectivity index (χ0n) is 11.1. The smallest absolute Gasteiger partial charge is 0.346 e. The molecule has 0 aliphatic carbocycles. The number of carbonyl (C=O) groups excluding carboxylic acids is 1. The van der Waals surface area contributed by atoms with Gasteiger partial charge in [-0.2, -0.15) is 0 Å². The molecule has 1 heterocycles. The fraction of sp³-hybridized carbons (Fsp3) is 0.455. The van der Waals surface area contributed by atoms with E-state index in [0.717, 1.165) is 6.20 Å². The lowest BCUT2D eigenvalue weighted by molar-refractivity contribution is -0.384. The Bertz CT molecular complexity index is 505. The van der Waals surface area contributed by atoms with Crippen molar-refractivity contribution in [3.05, 3.63) is 21.9 Å². The lowest BCUT2D eigenvalue weighted by atomic mass is 10.2. The van der Waals surface area contributed by atoms with Crippen molar-refractivity contribution in [2.75, 3.05) is 32.7 Å². The second-order valence-corrected chi connectivity index (χ2v) is 3.56. The molecule has 9 heteroatoms. The number of pyridine rings is 1. The molecule has 0 saturated carbocycles. The fourth-order valence-electron chi connectivity index (χ4n) is 1.37. The Balaban J connectivity index is 3.19. The van der Waals surface area contributed by atoms with Crippen molar-refractivity contribution >= 4 is 17.3 Å². The molecule has 1 aromatic rings. The second-order valence-electron chi connectivity index (χ2n) is 3.56. The average molecular weight is 285 g/mol. The van der Waals surface area contributed by atoms with E-state index in [0.29, 0.717) is 0 Å². The number of hydrogen-bond donors (Lipinski definition) is 1. The van der Waals surface area contributed by atoms with Crippen LogP contribution in [0.2, 0.25) is 0 Å². The first-order chi connectivity index (χ1) is 9.52. The summed E-state index contributed by atoms with van der Waals surface area (Å²) in [6, 6.07) is 0. The van der Waals surface area contributed by atoms with Crippen LogP contribution in [0.5, 0.6) is 5.88 Å². The largest absolute Gasteiger partial charge is 0.475 e. The van der Waals surface area contributed by atoms with E-state index in [9.17, 15) is 14.9 Å². The average Bonchev–Trinajstić information content (AvgIpc) is 2.38. The van der Waals surface area contributed by atoms with E-state index in [4.69, 9.17) is 19.9 Å². The summed E-state index contributed by atoms with van der Waals surface area (Å²) in [5.74, 6) is -0.947. The van der Waals surface area contributed by atoms with Crippen molar-refractivity contribution in [3.8, 4) is 5.88 Å². The summed E-state index contributed by atoms with van der Waals surface area (Å²) < 4.78 is 14.8. The summed E-state index contributed by atoms with van der Waals surface area (Å²) >= 11 is 0. The van der Waals surface area contributed by atoms with Crippen molar-refractivity contribution in [1.82, 2.24) is 4.98 Å². The third-order valence-electron chi connectivity index (χ3n) is 2.27. The van der Waals surface area contributed by atoms with E-state index in [2.05, 4.69) is 4.98 Å². The summed E-state index contributed by atoms with van der Waals surface area (Å²) in [5.41, 5.74) is 4.56. The van der Waals surface area contributed by atoms with Gasteiger partial charge < -0.3 is 19.9 Å². The lowest BCUT2D eigenvalue weighted by Gasteiger charge is -2.11. The maximum atomic E-state index is 11.8. The molecule has 110 valence electrons. The van der Waals surface area contributed by atoms with Gasteiger partial charge in [0.1, 0.15) is 18.5 Å². The van der Waals surface area contributed by atoms with Crippen LogP contribution in [0.15, 0.2) is 6.20 Å². The van der Waals surface area contributed by atoms with Gasteiger partial charge in [-0.3, -0.25) is 10.1 Å². The minimum Gasteiger partial charge on any atom is -0.475 e. The minimum absolute atomic E-state index is 0.0957. The summed E-state index contributed by atoms with van der Waals surface area (Å²) in [5, 5.41) is 10.8. The maximum Gasteiger partial charge on any atom is 0.346 e. The summed E-state index contributed by atoms with van der Waals surface area (Å²) in [7, 11) is 1.48. The van der Waals surface area contributed by atoms with Crippen molar-refractivity contribution < 1.29 is 23.9 Å². The molecule has 1 aromatic heterocycles. The first-order valence-electron chi connectivity index (χ1n) is 5.74. The van der Waals surface area contributed by atoms with Gasteiger partial charge in [-0.05, 0) is 6.92 Å². The molecule has 0 spiro atoms. The Morgan fingerprint density at radius 2 is 2.20 bits per heavy atom. The highest BCUT2D eigenvalue weighted by atomic mass is 16.6. The molecule has 0 fully saturated rings. The molecule has 20 heavy (non-hydrogen) atoms. The predicted molar refractivity (Wildman–Crippen MR) is 68.6 cm³/mol. The Morgan fingerprint density at radius 3 is 2.75 bits per heavy atom. The predicted octanol–water partition coefficient (Wildman–Crippen LogP) is 0.774. The number of nitrogens with two attached hydrogens (primary N) is 1. The highest BCUT2D eigenvalue weighted by Crippen LogP contribution is 2.31. The Kier molecular flexibility index (Phi) is 5.66. The van der Waals surface area contributed by atoms with E-state index in [1.165, 1.54) is 7.11 Å². The van der Waals surface area contributed by atoms with Gasteiger partial charge in [-0.1, -0.05) is 0 Å². The highest BCUT2D eigenvalue weighted by molar-refractivity contribution is 5.99. The molecule has 0 aromatic carbocycles. The Morgan fingerprint density at radius 1 is 1.50 bits per heavy atom. The van der Waals surface area contributed by atoms with Crippen molar-refractivity contribution in [3.63, 3.8) is 0 Å². The number of hydrogen-bond acceptors (Lipinski definition) is 8. The van der Waals surface area contributed by atoms with Gasteiger partial charge >= 0.3 is 11.7 Å². The Labute approximate surface area is 114 Å². The van der Waals surface area contributed by atoms with E-state index in [1.807, 2.05) is 0 Å². The molecule has 0 amide bonds. The van der Waals surface area contributed by atoms with Gasteiger partial charge in [0.05, 0.1) is 18.1 Å². The van der Waals surface area contributed by atoms with Crippen molar-refractivity contribution in [1.29, 1.82) is 0 Å². The zero-order valence-corrected chi connectivity index (χ0v) is 11.1. The maximum absolute atomic E-state index is 11.8. The monoisotopic (exact) mass is 285 g/mol. The van der Waals surface area contributed by atoms with E-state index >= 15 is 0 Å². The normalized spacial score (nSPS) is 10.1. The minimum atomic E-state index is -0.825. The van der Waals surface area contributed by atoms with Crippen LogP contribution < -0.4 is 10.5 Å². The molecule has 2 N–H and O–H groups in total. The molecule has 0 unspecified atom stereocenters. The molecule has 0 aliphatic heterocycles. The number of anilines is 1. The van der Waals surface area contributed by atoms with Gasteiger partial charge in [0.2, 0.25) is 5.88 Å². The lowest BCUT2D eigenvalue weighted by Crippen LogP contribution is -2.15. The molecule has 0 bridgehead atoms. The molecular formula is C11H15N3O6. The molecule has 0 saturated heterocycles. The fourth-order valence-corrected chi connectivity index (χ4v) is 1.37. The molecule has 0 aliphatic rings. The van der Waals surface area contributed by atoms with Crippen LogP contribution in [0.4, 0.5) is 11.4 Å². The number of carbonyl (C=O) groups is 1. The number of aromatic nitrogens is 1. The topological polar surface area (TPSA) is 127 Å². The number of nitrogens with zero attached hydrogens (tertiary/aromatic N) is 2. The van der Waals surface area contributed by atoms with Crippen LogP contribution in [0.1, 0.15) is 17.3 Å². The highest BCUT2D eigenvalue weighted by Gasteiger charge is 2.26. The number of nitro groups is 1. The van der Waals surface area contributed by atoms with Crippen molar-refractivity contribution in [2.24, 2.45) is 0 Å². The summed E-state index contributed by atoms with van der Waals surface area (Å²) in [6.45, 7) is 2.08. The van der Waals surface area contributed by atoms with E-state index in [1.54, 1.807) is 6.92 Å². The van der Waals surface area contributed by atoms with Gasteiger partial charge in [0.15, 0.2) is 5.56 Å². The molecule has 0 radical (unpaired) electrons. The first kappa shape index (κ1) is 15.6. The zero-order chi connectivity index (χ0) is 15.1. The quantitative estimate of drug-likeness (QED) is 0.337. The molecular weight excluding hydrogens is 270 g/mol. The van der Waals surface area contributed by atoms with Crippen molar-refractivity contribution in [2.45, 2.75) is 6.92 Å². The summed E-state index contributed by atoms with van der Waals surface area (Å²) in [6.07, 6.45) is 0.931. The van der Waals surface area contributed by atoms with Gasteiger partial charge in [-0.25, -0.2) is 9.78 Å². The van der Waals surface area contributed by atoms with E-state index < -0.39 is 16.6 Å².